The number of hydrogen-bond donors (Lipinski definition) is 0. The molecule has 0 radical (unpaired) electrons. The van der Waals surface area contributed by atoms with Crippen LogP contribution in [0.1, 0.15) is 49.5 Å². The van der Waals surface area contributed by atoms with Crippen molar-refractivity contribution >= 4 is 0 Å². The van der Waals surface area contributed by atoms with Crippen LogP contribution in [0.5, 0.6) is 28.7 Å². The summed E-state index contributed by atoms with van der Waals surface area (Å²) in [5, 5.41) is 0. The highest BCUT2D eigenvalue weighted by molar-refractivity contribution is 5.57. The lowest BCUT2D eigenvalue weighted by atomic mass is 9.80. The van der Waals surface area contributed by atoms with Gasteiger partial charge in [-0.15, -0.1) is 6.58 Å². The van der Waals surface area contributed by atoms with Crippen LogP contribution in [0, 0.1) is 6.92 Å². The van der Waals surface area contributed by atoms with Crippen LogP contribution in [0.15, 0.2) is 36.9 Å². The van der Waals surface area contributed by atoms with Gasteiger partial charge in [-0.25, -0.2) is 0 Å². The Hall–Kier alpha value is -2.86. The fourth-order valence-electron chi connectivity index (χ4n) is 4.43. The Morgan fingerprint density at radius 3 is 2.44 bits per heavy atom. The van der Waals surface area contributed by atoms with Gasteiger partial charge < -0.3 is 28.4 Å². The first-order chi connectivity index (χ1) is 15.3. The molecule has 0 unspecified atom stereocenters. The number of benzene rings is 2. The monoisotopic (exact) mass is 440 g/mol. The minimum Gasteiger partial charge on any atom is -0.493 e. The van der Waals surface area contributed by atoms with Gasteiger partial charge in [0.1, 0.15) is 35.6 Å². The second kappa shape index (κ2) is 8.58. The Kier molecular flexibility index (Phi) is 5.99. The minimum atomic E-state index is -0.308. The smallest absolute Gasteiger partial charge is 0.164 e. The van der Waals surface area contributed by atoms with E-state index in [9.17, 15) is 0 Å². The molecule has 2 aromatic carbocycles. The van der Waals surface area contributed by atoms with E-state index in [1.54, 1.807) is 20.3 Å². The fraction of sp³-hybridized carbons (Fsp3) is 0.462. The normalized spacial score (nSPS) is 21.2. The first kappa shape index (κ1) is 22.3. The maximum atomic E-state index is 6.54. The molecule has 0 saturated carbocycles. The summed E-state index contributed by atoms with van der Waals surface area (Å²) >= 11 is 0. The van der Waals surface area contributed by atoms with Gasteiger partial charge in [-0.2, -0.15) is 0 Å². The van der Waals surface area contributed by atoms with Gasteiger partial charge in [0.25, 0.3) is 0 Å². The van der Waals surface area contributed by atoms with Gasteiger partial charge in [0.15, 0.2) is 11.5 Å². The summed E-state index contributed by atoms with van der Waals surface area (Å²) in [6.07, 6.45) is 1.32. The van der Waals surface area contributed by atoms with Crippen molar-refractivity contribution in [3.8, 4) is 28.7 Å². The largest absolute Gasteiger partial charge is 0.493 e. The van der Waals surface area contributed by atoms with E-state index in [4.69, 9.17) is 28.4 Å². The maximum Gasteiger partial charge on any atom is 0.164 e. The van der Waals surface area contributed by atoms with Gasteiger partial charge in [0, 0.05) is 22.8 Å². The SMILES string of the molecule is C=CCO[C@@H]1c2ccc(OC(C)(C)C)c(C)c2O[C@@H]2COc3cc(OC)c(OC)cc3[C@H]12. The average Bonchev–Trinajstić information content (AvgIpc) is 2.76. The molecule has 6 nitrogen and oxygen atoms in total. The third-order valence-corrected chi connectivity index (χ3v) is 5.78. The van der Waals surface area contributed by atoms with Crippen molar-refractivity contribution in [3.63, 3.8) is 0 Å². The summed E-state index contributed by atoms with van der Waals surface area (Å²) in [6.45, 7) is 12.8. The molecule has 0 aliphatic carbocycles. The Morgan fingerprint density at radius 1 is 1.06 bits per heavy atom. The molecule has 32 heavy (non-hydrogen) atoms. The zero-order chi connectivity index (χ0) is 23.0. The lowest BCUT2D eigenvalue weighted by molar-refractivity contribution is -0.0321. The Bertz CT molecular complexity index is 1010. The van der Waals surface area contributed by atoms with Crippen LogP contribution in [0.2, 0.25) is 0 Å². The average molecular weight is 441 g/mol. The molecule has 0 aromatic heterocycles. The number of fused-ring (bicyclic) bond motifs is 4. The van der Waals surface area contributed by atoms with Crippen molar-refractivity contribution in [1.82, 2.24) is 0 Å². The Labute approximate surface area is 190 Å². The topological polar surface area (TPSA) is 55.4 Å². The summed E-state index contributed by atoms with van der Waals surface area (Å²) in [5.41, 5.74) is 2.62. The highest BCUT2D eigenvalue weighted by Crippen LogP contribution is 2.54. The van der Waals surface area contributed by atoms with Crippen LogP contribution in [-0.4, -0.2) is 39.1 Å². The summed E-state index contributed by atoms with van der Waals surface area (Å²) in [6, 6.07) is 7.88. The second-order valence-corrected chi connectivity index (χ2v) is 9.10. The first-order valence-corrected chi connectivity index (χ1v) is 10.9. The molecule has 6 heteroatoms. The molecule has 2 aliphatic heterocycles. The Balaban J connectivity index is 1.82. The van der Waals surface area contributed by atoms with Gasteiger partial charge >= 0.3 is 0 Å². The third-order valence-electron chi connectivity index (χ3n) is 5.78. The van der Waals surface area contributed by atoms with E-state index in [0.717, 1.165) is 33.9 Å². The third kappa shape index (κ3) is 3.99. The molecule has 4 rings (SSSR count). The van der Waals surface area contributed by atoms with E-state index >= 15 is 0 Å². The van der Waals surface area contributed by atoms with E-state index in [1.807, 2.05) is 52.0 Å². The highest BCUT2D eigenvalue weighted by atomic mass is 16.6. The van der Waals surface area contributed by atoms with Crippen LogP contribution in [-0.2, 0) is 4.74 Å². The lowest BCUT2D eigenvalue weighted by Gasteiger charge is -2.43. The molecule has 2 aliphatic rings. The fourth-order valence-corrected chi connectivity index (χ4v) is 4.43. The molecular formula is C26H32O6. The molecular weight excluding hydrogens is 408 g/mol. The summed E-state index contributed by atoms with van der Waals surface area (Å²) in [4.78, 5) is 0. The molecule has 2 heterocycles. The van der Waals surface area contributed by atoms with Gasteiger partial charge in [0.05, 0.1) is 32.8 Å². The number of ether oxygens (including phenoxy) is 6. The van der Waals surface area contributed by atoms with Crippen molar-refractivity contribution < 1.29 is 28.4 Å². The van der Waals surface area contributed by atoms with Gasteiger partial charge in [-0.1, -0.05) is 6.08 Å². The van der Waals surface area contributed by atoms with Gasteiger partial charge in [0.2, 0.25) is 0 Å². The van der Waals surface area contributed by atoms with Gasteiger partial charge in [-0.3, -0.25) is 0 Å². The number of methoxy groups -OCH3 is 2. The minimum absolute atomic E-state index is 0.0696. The van der Waals surface area contributed by atoms with E-state index in [0.29, 0.717) is 24.7 Å². The Morgan fingerprint density at radius 2 is 1.78 bits per heavy atom. The van der Waals surface area contributed by atoms with Crippen LogP contribution in [0.4, 0.5) is 0 Å². The van der Waals surface area contributed by atoms with E-state index < -0.39 is 0 Å². The maximum absolute atomic E-state index is 6.54. The van der Waals surface area contributed by atoms with Crippen LogP contribution < -0.4 is 23.7 Å². The molecule has 0 amide bonds. The molecule has 0 fully saturated rings. The van der Waals surface area contributed by atoms with Crippen molar-refractivity contribution in [2.45, 2.75) is 51.4 Å². The highest BCUT2D eigenvalue weighted by Gasteiger charge is 2.45. The summed E-state index contributed by atoms with van der Waals surface area (Å²) < 4.78 is 36.1. The van der Waals surface area contributed by atoms with Crippen LogP contribution in [0.3, 0.4) is 0 Å². The van der Waals surface area contributed by atoms with Crippen LogP contribution in [0.25, 0.3) is 0 Å². The van der Waals surface area contributed by atoms with Gasteiger partial charge in [-0.05, 0) is 45.9 Å². The van der Waals surface area contributed by atoms with Crippen molar-refractivity contribution in [3.05, 3.63) is 53.6 Å². The summed E-state index contributed by atoms with van der Waals surface area (Å²) in [5.74, 6) is 3.57. The molecule has 172 valence electrons. The molecule has 0 spiro atoms. The standard InChI is InChI=1S/C26H32O6/c1-8-11-29-25-16-9-10-18(32-26(3,4)5)15(2)24(16)31-22-14-30-19-13-21(28-7)20(27-6)12-17(19)23(22)25/h8-10,12-13,22-23,25H,1,11,14H2,2-7H3/t22-,23+,25-/m1/s1. The number of rotatable bonds is 6. The van der Waals surface area contributed by atoms with Crippen LogP contribution >= 0.6 is 0 Å². The van der Waals surface area contributed by atoms with E-state index in [-0.39, 0.29) is 23.7 Å². The molecule has 0 saturated heterocycles. The number of hydrogen-bond acceptors (Lipinski definition) is 6. The summed E-state index contributed by atoms with van der Waals surface area (Å²) in [7, 11) is 3.25. The van der Waals surface area contributed by atoms with E-state index in [1.165, 1.54) is 0 Å². The zero-order valence-corrected chi connectivity index (χ0v) is 19.7. The zero-order valence-electron chi connectivity index (χ0n) is 19.7. The van der Waals surface area contributed by atoms with Crippen molar-refractivity contribution in [2.75, 3.05) is 27.4 Å². The first-order valence-electron chi connectivity index (χ1n) is 10.9. The molecule has 0 bridgehead atoms. The molecule has 3 atom stereocenters. The molecule has 2 aromatic rings. The van der Waals surface area contributed by atoms with Crippen molar-refractivity contribution in [2.24, 2.45) is 0 Å². The quantitative estimate of drug-likeness (QED) is 0.563. The predicted octanol–water partition coefficient (Wildman–Crippen LogP) is 5.37. The predicted molar refractivity (Wildman–Crippen MR) is 123 cm³/mol. The van der Waals surface area contributed by atoms with Crippen molar-refractivity contribution in [1.29, 1.82) is 0 Å². The second-order valence-electron chi connectivity index (χ2n) is 9.10. The molecule has 0 N–H and O–H groups in total. The lowest BCUT2D eigenvalue weighted by Crippen LogP contribution is -2.42. The van der Waals surface area contributed by atoms with E-state index in [2.05, 4.69) is 6.58 Å².